The number of carbonyl (C=O) groups is 1. The summed E-state index contributed by atoms with van der Waals surface area (Å²) in [6, 6.07) is -0.00578. The number of likely N-dealkylation sites (tertiary alicyclic amines) is 1. The van der Waals surface area contributed by atoms with E-state index in [1.54, 1.807) is 11.1 Å². The largest absolute Gasteiger partial charge is 0.336 e. The molecule has 2 fully saturated rings. The van der Waals surface area contributed by atoms with Crippen molar-refractivity contribution in [1.29, 1.82) is 0 Å². The van der Waals surface area contributed by atoms with Gasteiger partial charge in [-0.1, -0.05) is 19.1 Å². The van der Waals surface area contributed by atoms with Crippen molar-refractivity contribution in [1.82, 2.24) is 25.2 Å². The zero-order valence-corrected chi connectivity index (χ0v) is 15.7. The summed E-state index contributed by atoms with van der Waals surface area (Å²) in [4.78, 5) is 14.2. The van der Waals surface area contributed by atoms with Crippen LogP contribution in [0.5, 0.6) is 0 Å². The van der Waals surface area contributed by atoms with E-state index in [0.29, 0.717) is 12.3 Å². The Balaban J connectivity index is 1.60. The van der Waals surface area contributed by atoms with E-state index >= 15 is 0 Å². The third kappa shape index (κ3) is 3.43. The Kier molecular flexibility index (Phi) is 4.88. The maximum Gasteiger partial charge on any atom is 0.236 e. The van der Waals surface area contributed by atoms with Crippen molar-refractivity contribution in [2.75, 3.05) is 13.1 Å². The normalized spacial score (nSPS) is 34.6. The van der Waals surface area contributed by atoms with Crippen LogP contribution in [0.3, 0.4) is 0 Å². The number of aromatic nitrogens is 3. The first-order chi connectivity index (χ1) is 11.7. The van der Waals surface area contributed by atoms with Crippen LogP contribution in [0.4, 0.5) is 4.39 Å². The van der Waals surface area contributed by atoms with Crippen LogP contribution in [0.15, 0.2) is 12.4 Å². The molecular formula is C18H30FN5O. The second-order valence-corrected chi connectivity index (χ2v) is 8.50. The molecule has 1 aromatic heterocycles. The van der Waals surface area contributed by atoms with E-state index in [1.165, 1.54) is 0 Å². The first-order valence-corrected chi connectivity index (χ1v) is 9.25. The number of hydrogen-bond donors (Lipinski definition) is 1. The van der Waals surface area contributed by atoms with Gasteiger partial charge in [0.2, 0.25) is 5.91 Å². The predicted octanol–water partition coefficient (Wildman–Crippen LogP) is 2.02. The fraction of sp³-hybridized carbons (Fsp3) is 0.833. The molecule has 1 saturated carbocycles. The molecule has 25 heavy (non-hydrogen) atoms. The zero-order chi connectivity index (χ0) is 18.2. The van der Waals surface area contributed by atoms with Crippen LogP contribution in [0.25, 0.3) is 0 Å². The molecule has 1 aliphatic carbocycles. The van der Waals surface area contributed by atoms with E-state index in [9.17, 15) is 9.18 Å². The fourth-order valence-electron chi connectivity index (χ4n) is 4.47. The van der Waals surface area contributed by atoms with Crippen LogP contribution in [0, 0.1) is 11.3 Å². The van der Waals surface area contributed by atoms with Gasteiger partial charge in [-0.15, -0.1) is 5.10 Å². The molecule has 0 aromatic carbocycles. The summed E-state index contributed by atoms with van der Waals surface area (Å²) < 4.78 is 15.4. The summed E-state index contributed by atoms with van der Waals surface area (Å²) in [5.74, 6) is 0.465. The molecule has 4 atom stereocenters. The van der Waals surface area contributed by atoms with E-state index in [4.69, 9.17) is 0 Å². The van der Waals surface area contributed by atoms with E-state index in [-0.39, 0.29) is 36.0 Å². The number of nitrogens with zero attached hydrogens (tertiary/aromatic N) is 4. The molecule has 0 spiro atoms. The molecular weight excluding hydrogens is 321 g/mol. The molecule has 1 aromatic rings. The van der Waals surface area contributed by atoms with E-state index in [2.05, 4.69) is 36.4 Å². The van der Waals surface area contributed by atoms with E-state index in [0.717, 1.165) is 19.4 Å². The van der Waals surface area contributed by atoms with Gasteiger partial charge in [0.1, 0.15) is 6.17 Å². The first kappa shape index (κ1) is 18.3. The van der Waals surface area contributed by atoms with Gasteiger partial charge in [-0.25, -0.2) is 4.39 Å². The Morgan fingerprint density at radius 1 is 1.40 bits per heavy atom. The Labute approximate surface area is 149 Å². The highest BCUT2D eigenvalue weighted by atomic mass is 19.1. The minimum absolute atomic E-state index is 0.00408. The third-order valence-corrected chi connectivity index (χ3v) is 6.79. The number of nitrogens with one attached hydrogen (secondary N) is 1. The van der Waals surface area contributed by atoms with Crippen molar-refractivity contribution >= 4 is 5.91 Å². The molecule has 2 aliphatic rings. The lowest BCUT2D eigenvalue weighted by atomic mass is 9.71. The Hall–Kier alpha value is -1.50. The van der Waals surface area contributed by atoms with Gasteiger partial charge in [0, 0.05) is 30.7 Å². The molecule has 0 bridgehead atoms. The van der Waals surface area contributed by atoms with Crippen LogP contribution in [0.2, 0.25) is 0 Å². The smallest absolute Gasteiger partial charge is 0.236 e. The summed E-state index contributed by atoms with van der Waals surface area (Å²) in [6.45, 7) is 9.98. The predicted molar refractivity (Wildman–Crippen MR) is 93.6 cm³/mol. The van der Waals surface area contributed by atoms with E-state index < -0.39 is 6.17 Å². The van der Waals surface area contributed by atoms with Crippen molar-refractivity contribution in [3.8, 4) is 0 Å². The monoisotopic (exact) mass is 351 g/mol. The van der Waals surface area contributed by atoms with Crippen LogP contribution in [0.1, 0.15) is 47.0 Å². The summed E-state index contributed by atoms with van der Waals surface area (Å²) in [6.07, 6.45) is 5.25. The number of rotatable bonds is 5. The average molecular weight is 351 g/mol. The van der Waals surface area contributed by atoms with Gasteiger partial charge in [0.15, 0.2) is 0 Å². The van der Waals surface area contributed by atoms with Crippen LogP contribution < -0.4 is 5.32 Å². The van der Waals surface area contributed by atoms with Crippen molar-refractivity contribution in [2.45, 2.75) is 71.3 Å². The summed E-state index contributed by atoms with van der Waals surface area (Å²) >= 11 is 0. The summed E-state index contributed by atoms with van der Waals surface area (Å²) in [5, 5.41) is 11.5. The van der Waals surface area contributed by atoms with Gasteiger partial charge in [-0.2, -0.15) is 0 Å². The molecule has 3 rings (SSSR count). The van der Waals surface area contributed by atoms with Gasteiger partial charge >= 0.3 is 0 Å². The summed E-state index contributed by atoms with van der Waals surface area (Å²) in [7, 11) is 0. The highest BCUT2D eigenvalue weighted by Crippen LogP contribution is 2.50. The van der Waals surface area contributed by atoms with Gasteiger partial charge in [-0.05, 0) is 38.0 Å². The molecule has 1 N–H and O–H groups in total. The molecule has 0 radical (unpaired) electrons. The molecule has 0 unspecified atom stereocenters. The molecule has 1 saturated heterocycles. The lowest BCUT2D eigenvalue weighted by Gasteiger charge is -2.43. The second-order valence-electron chi connectivity index (χ2n) is 8.50. The first-order valence-electron chi connectivity index (χ1n) is 9.25. The highest BCUT2D eigenvalue weighted by molar-refractivity contribution is 5.79. The minimum Gasteiger partial charge on any atom is -0.336 e. The lowest BCUT2D eigenvalue weighted by molar-refractivity contribution is -0.131. The molecule has 1 aliphatic heterocycles. The number of amides is 1. The van der Waals surface area contributed by atoms with Crippen LogP contribution in [-0.2, 0) is 11.3 Å². The van der Waals surface area contributed by atoms with E-state index in [1.807, 2.05) is 17.8 Å². The number of hydrogen-bond acceptors (Lipinski definition) is 4. The average Bonchev–Trinajstić information content (AvgIpc) is 3.22. The summed E-state index contributed by atoms with van der Waals surface area (Å²) in [5.41, 5.74) is -0.121. The van der Waals surface area contributed by atoms with Crippen molar-refractivity contribution in [3.05, 3.63) is 12.4 Å². The van der Waals surface area contributed by atoms with Gasteiger partial charge in [0.05, 0.1) is 19.3 Å². The maximum absolute atomic E-state index is 13.5. The SMILES string of the molecule is C[C@@H]1C[C@H](F)CN1C(=O)CN[C@@]1(C)CC[C@@H](Cn2ccnn2)C1(C)C. The maximum atomic E-state index is 13.5. The molecule has 6 nitrogen and oxygen atoms in total. The minimum atomic E-state index is -0.885. The van der Waals surface area contributed by atoms with Crippen molar-refractivity contribution in [3.63, 3.8) is 0 Å². The molecule has 1 amide bonds. The van der Waals surface area contributed by atoms with Gasteiger partial charge in [0.25, 0.3) is 0 Å². The highest BCUT2D eigenvalue weighted by Gasteiger charge is 2.51. The Bertz CT molecular complexity index is 605. The Morgan fingerprint density at radius 2 is 2.16 bits per heavy atom. The molecule has 7 heteroatoms. The van der Waals surface area contributed by atoms with Gasteiger partial charge in [-0.3, -0.25) is 9.48 Å². The quantitative estimate of drug-likeness (QED) is 0.882. The fourth-order valence-corrected chi connectivity index (χ4v) is 4.47. The van der Waals surface area contributed by atoms with Crippen LogP contribution >= 0.6 is 0 Å². The molecule has 140 valence electrons. The molecule has 2 heterocycles. The number of halogens is 1. The third-order valence-electron chi connectivity index (χ3n) is 6.79. The van der Waals surface area contributed by atoms with Crippen molar-refractivity contribution < 1.29 is 9.18 Å². The zero-order valence-electron chi connectivity index (χ0n) is 15.7. The lowest BCUT2D eigenvalue weighted by Crippen LogP contribution is -2.55. The standard InChI is InChI=1S/C18H30FN5O/c1-13-9-15(19)12-24(13)16(25)10-20-18(4)6-5-14(17(18,2)3)11-23-8-7-21-22-23/h7-8,13-15,20H,5-6,9-12H2,1-4H3/t13-,14+,15+,18+/m1/s1. The number of alkyl halides is 1. The van der Waals surface area contributed by atoms with Crippen LogP contribution in [-0.4, -0.2) is 56.6 Å². The van der Waals surface area contributed by atoms with Gasteiger partial charge < -0.3 is 10.2 Å². The topological polar surface area (TPSA) is 63.1 Å². The Morgan fingerprint density at radius 3 is 2.76 bits per heavy atom. The number of carbonyl (C=O) groups excluding carboxylic acids is 1. The second kappa shape index (κ2) is 6.67. The van der Waals surface area contributed by atoms with Crippen molar-refractivity contribution in [2.24, 2.45) is 11.3 Å².